The summed E-state index contributed by atoms with van der Waals surface area (Å²) in [5, 5.41) is 8.61. The number of halogens is 1. The third-order valence-corrected chi connectivity index (χ3v) is 2.91. The molecule has 1 saturated heterocycles. The average molecular weight is 247 g/mol. The number of anilines is 1. The highest BCUT2D eigenvalue weighted by atomic mass is 19.1. The summed E-state index contributed by atoms with van der Waals surface area (Å²) in [6.07, 6.45) is 0.0386. The number of benzene rings is 1. The van der Waals surface area contributed by atoms with Gasteiger partial charge in [0.05, 0.1) is 11.5 Å². The Bertz CT molecular complexity index is 565. The molecule has 1 aliphatic rings. The van der Waals surface area contributed by atoms with Crippen molar-refractivity contribution in [3.05, 3.63) is 29.6 Å². The monoisotopic (exact) mass is 247 g/mol. The Morgan fingerprint density at radius 2 is 2.28 bits per heavy atom. The second kappa shape index (κ2) is 4.45. The SMILES string of the molecule is N#Cc1ccc(N2CC(C(N)=O)CC2=O)cc1F. The zero-order valence-electron chi connectivity index (χ0n) is 9.39. The molecule has 0 aliphatic carbocycles. The molecule has 0 spiro atoms. The molecule has 1 unspecified atom stereocenters. The minimum Gasteiger partial charge on any atom is -0.369 e. The molecule has 2 N–H and O–H groups in total. The van der Waals surface area contributed by atoms with Gasteiger partial charge in [0.2, 0.25) is 11.8 Å². The van der Waals surface area contributed by atoms with Gasteiger partial charge >= 0.3 is 0 Å². The van der Waals surface area contributed by atoms with Crippen molar-refractivity contribution in [1.29, 1.82) is 5.26 Å². The molecule has 2 amide bonds. The van der Waals surface area contributed by atoms with Crippen LogP contribution in [0.5, 0.6) is 0 Å². The van der Waals surface area contributed by atoms with Crippen LogP contribution in [0.1, 0.15) is 12.0 Å². The molecule has 1 atom stereocenters. The molecule has 1 aromatic carbocycles. The van der Waals surface area contributed by atoms with Gasteiger partial charge < -0.3 is 10.6 Å². The van der Waals surface area contributed by atoms with Crippen LogP contribution >= 0.6 is 0 Å². The normalized spacial score (nSPS) is 18.8. The summed E-state index contributed by atoms with van der Waals surface area (Å²) in [6.45, 7) is 0.152. The first-order valence-electron chi connectivity index (χ1n) is 5.32. The number of carbonyl (C=O) groups excluding carboxylic acids is 2. The van der Waals surface area contributed by atoms with Crippen molar-refractivity contribution in [3.63, 3.8) is 0 Å². The van der Waals surface area contributed by atoms with E-state index in [-0.39, 0.29) is 24.4 Å². The van der Waals surface area contributed by atoms with Crippen LogP contribution in [0.2, 0.25) is 0 Å². The Labute approximate surface area is 103 Å². The van der Waals surface area contributed by atoms with Crippen molar-refractivity contribution in [2.45, 2.75) is 6.42 Å². The largest absolute Gasteiger partial charge is 0.369 e. The van der Waals surface area contributed by atoms with Crippen molar-refractivity contribution in [3.8, 4) is 6.07 Å². The van der Waals surface area contributed by atoms with Crippen LogP contribution in [-0.4, -0.2) is 18.4 Å². The molecule has 0 bridgehead atoms. The van der Waals surface area contributed by atoms with Gasteiger partial charge in [-0.1, -0.05) is 0 Å². The summed E-state index contributed by atoms with van der Waals surface area (Å²) < 4.78 is 13.4. The fraction of sp³-hybridized carbons (Fsp3) is 0.250. The molecule has 1 aromatic rings. The first-order chi connectivity index (χ1) is 8.52. The molecule has 0 radical (unpaired) electrons. The average Bonchev–Trinajstić information content (AvgIpc) is 2.71. The van der Waals surface area contributed by atoms with Crippen molar-refractivity contribution < 1.29 is 14.0 Å². The Kier molecular flexibility index (Phi) is 2.98. The zero-order chi connectivity index (χ0) is 13.3. The van der Waals surface area contributed by atoms with E-state index in [1.165, 1.54) is 17.0 Å². The fourth-order valence-corrected chi connectivity index (χ4v) is 1.91. The van der Waals surface area contributed by atoms with Crippen LogP contribution < -0.4 is 10.6 Å². The maximum absolute atomic E-state index is 13.4. The number of nitrogens with two attached hydrogens (primary N) is 1. The molecule has 5 nitrogen and oxygen atoms in total. The summed E-state index contributed by atoms with van der Waals surface area (Å²) in [5.74, 6) is -2.05. The van der Waals surface area contributed by atoms with E-state index >= 15 is 0 Å². The third-order valence-electron chi connectivity index (χ3n) is 2.91. The van der Waals surface area contributed by atoms with Gasteiger partial charge in [0.15, 0.2) is 0 Å². The molecule has 18 heavy (non-hydrogen) atoms. The van der Waals surface area contributed by atoms with E-state index in [1.54, 1.807) is 6.07 Å². The van der Waals surface area contributed by atoms with Crippen LogP contribution in [0.25, 0.3) is 0 Å². The second-order valence-electron chi connectivity index (χ2n) is 4.08. The smallest absolute Gasteiger partial charge is 0.227 e. The maximum atomic E-state index is 13.4. The third kappa shape index (κ3) is 2.02. The van der Waals surface area contributed by atoms with E-state index < -0.39 is 17.6 Å². The summed E-state index contributed by atoms with van der Waals surface area (Å²) in [7, 11) is 0. The molecular formula is C12H10FN3O2. The van der Waals surface area contributed by atoms with Crippen LogP contribution in [0.15, 0.2) is 18.2 Å². The van der Waals surface area contributed by atoms with Gasteiger partial charge in [-0.05, 0) is 18.2 Å². The lowest BCUT2D eigenvalue weighted by molar-refractivity contribution is -0.123. The van der Waals surface area contributed by atoms with Crippen LogP contribution in [0.3, 0.4) is 0 Å². The predicted molar refractivity (Wildman–Crippen MR) is 60.8 cm³/mol. The summed E-state index contributed by atoms with van der Waals surface area (Å²) in [5.41, 5.74) is 5.39. The molecule has 1 aliphatic heterocycles. The van der Waals surface area contributed by atoms with Gasteiger partial charge in [0, 0.05) is 18.7 Å². The number of nitrogens with zero attached hydrogens (tertiary/aromatic N) is 2. The van der Waals surface area contributed by atoms with Gasteiger partial charge in [-0.25, -0.2) is 4.39 Å². The minimum absolute atomic E-state index is 0.0386. The van der Waals surface area contributed by atoms with Gasteiger partial charge in [-0.15, -0.1) is 0 Å². The van der Waals surface area contributed by atoms with Gasteiger partial charge in [0.1, 0.15) is 11.9 Å². The van der Waals surface area contributed by atoms with E-state index in [9.17, 15) is 14.0 Å². The maximum Gasteiger partial charge on any atom is 0.227 e. The lowest BCUT2D eigenvalue weighted by atomic mass is 10.1. The van der Waals surface area contributed by atoms with E-state index in [1.807, 2.05) is 0 Å². The first kappa shape index (κ1) is 12.0. The number of hydrogen-bond acceptors (Lipinski definition) is 3. The first-order valence-corrected chi connectivity index (χ1v) is 5.32. The van der Waals surface area contributed by atoms with E-state index in [0.717, 1.165) is 6.07 Å². The highest BCUT2D eigenvalue weighted by Gasteiger charge is 2.34. The molecule has 2 rings (SSSR count). The molecule has 0 aromatic heterocycles. The minimum atomic E-state index is -0.690. The second-order valence-corrected chi connectivity index (χ2v) is 4.08. The van der Waals surface area contributed by atoms with Crippen LogP contribution in [-0.2, 0) is 9.59 Å². The van der Waals surface area contributed by atoms with Crippen LogP contribution in [0, 0.1) is 23.1 Å². The number of nitriles is 1. The van der Waals surface area contributed by atoms with Crippen molar-refractivity contribution in [2.24, 2.45) is 11.7 Å². The number of hydrogen-bond donors (Lipinski definition) is 1. The lowest BCUT2D eigenvalue weighted by Crippen LogP contribution is -2.28. The fourth-order valence-electron chi connectivity index (χ4n) is 1.91. The Morgan fingerprint density at radius 3 is 2.78 bits per heavy atom. The molecule has 92 valence electrons. The number of amides is 2. The van der Waals surface area contributed by atoms with Crippen LogP contribution in [0.4, 0.5) is 10.1 Å². The van der Waals surface area contributed by atoms with E-state index in [2.05, 4.69) is 0 Å². The van der Waals surface area contributed by atoms with Crippen molar-refractivity contribution >= 4 is 17.5 Å². The predicted octanol–water partition coefficient (Wildman–Crippen LogP) is 0.536. The zero-order valence-corrected chi connectivity index (χ0v) is 9.39. The number of rotatable bonds is 2. The molecule has 0 saturated carbocycles. The molecule has 6 heteroatoms. The Hall–Kier alpha value is -2.42. The van der Waals surface area contributed by atoms with Gasteiger partial charge in [-0.2, -0.15) is 5.26 Å². The lowest BCUT2D eigenvalue weighted by Gasteiger charge is -2.16. The van der Waals surface area contributed by atoms with Crippen molar-refractivity contribution in [1.82, 2.24) is 0 Å². The Morgan fingerprint density at radius 1 is 1.56 bits per heavy atom. The van der Waals surface area contributed by atoms with Crippen molar-refractivity contribution in [2.75, 3.05) is 11.4 Å². The van der Waals surface area contributed by atoms with Gasteiger partial charge in [0.25, 0.3) is 0 Å². The summed E-state index contributed by atoms with van der Waals surface area (Å²) >= 11 is 0. The molecule has 1 heterocycles. The Balaban J connectivity index is 2.28. The number of primary amides is 1. The topological polar surface area (TPSA) is 87.2 Å². The standard InChI is InChI=1S/C12H10FN3O2/c13-10-4-9(2-1-7(10)5-14)16-6-8(12(15)18)3-11(16)17/h1-2,4,8H,3,6H2,(H2,15,18). The highest BCUT2D eigenvalue weighted by molar-refractivity contribution is 6.00. The molecular weight excluding hydrogens is 237 g/mol. The summed E-state index contributed by atoms with van der Waals surface area (Å²) in [4.78, 5) is 24.0. The quantitative estimate of drug-likeness (QED) is 0.827. The highest BCUT2D eigenvalue weighted by Crippen LogP contribution is 2.26. The number of carbonyl (C=O) groups is 2. The molecule has 1 fully saturated rings. The summed E-state index contributed by atoms with van der Waals surface area (Å²) in [6, 6.07) is 5.59. The van der Waals surface area contributed by atoms with Gasteiger partial charge in [-0.3, -0.25) is 9.59 Å². The van der Waals surface area contributed by atoms with E-state index in [0.29, 0.717) is 5.69 Å². The van der Waals surface area contributed by atoms with E-state index in [4.69, 9.17) is 11.0 Å².